The van der Waals surface area contributed by atoms with Gasteiger partial charge in [0.15, 0.2) is 0 Å². The first-order valence-corrected chi connectivity index (χ1v) is 30.0. The van der Waals surface area contributed by atoms with Crippen molar-refractivity contribution in [1.82, 2.24) is 15.0 Å². The van der Waals surface area contributed by atoms with Crippen LogP contribution in [-0.4, -0.2) is 15.0 Å². The minimum Gasteiger partial charge on any atom is -0.456 e. The van der Waals surface area contributed by atoms with E-state index in [1.807, 2.05) is 48.5 Å². The number of rotatable bonds is 13. The summed E-state index contributed by atoms with van der Waals surface area (Å²) in [5, 5.41) is 21.7. The van der Waals surface area contributed by atoms with E-state index in [4.69, 9.17) is 19.4 Å². The van der Waals surface area contributed by atoms with Gasteiger partial charge >= 0.3 is 0 Å². The van der Waals surface area contributed by atoms with Gasteiger partial charge in [0.2, 0.25) is 0 Å². The summed E-state index contributed by atoms with van der Waals surface area (Å²) >= 11 is 0. The second-order valence-electron chi connectivity index (χ2n) is 24.1. The first-order chi connectivity index (χ1) is 40.9. The predicted molar refractivity (Wildman–Crippen MR) is 335 cm³/mol. The maximum Gasteiger partial charge on any atom is 0.135 e. The molecule has 4 heterocycles. The van der Waals surface area contributed by atoms with Crippen molar-refractivity contribution in [1.29, 1.82) is 10.5 Å². The number of benzene rings is 7. The second kappa shape index (κ2) is 22.3. The molecule has 11 aromatic rings. The molecule has 0 radical (unpaired) electrons. The maximum absolute atomic E-state index is 9.68. The zero-order valence-electron chi connectivity index (χ0n) is 46.9. The van der Waals surface area contributed by atoms with Gasteiger partial charge in [0, 0.05) is 62.4 Å². The molecule has 4 aromatic heterocycles. The smallest absolute Gasteiger partial charge is 0.135 e. The van der Waals surface area contributed by atoms with Crippen LogP contribution >= 0.6 is 0 Å². The average Bonchev–Trinajstić information content (AvgIpc) is 4.52. The van der Waals surface area contributed by atoms with E-state index in [1.54, 1.807) is 0 Å². The zero-order chi connectivity index (χ0) is 55.7. The third kappa shape index (κ3) is 10.2. The van der Waals surface area contributed by atoms with E-state index in [0.717, 1.165) is 109 Å². The molecule has 7 aromatic carbocycles. The Labute approximate surface area is 487 Å². The van der Waals surface area contributed by atoms with Gasteiger partial charge in [-0.1, -0.05) is 165 Å². The van der Waals surface area contributed by atoms with Crippen LogP contribution in [0.15, 0.2) is 217 Å². The Morgan fingerprint density at radius 3 is 1.55 bits per heavy atom. The van der Waals surface area contributed by atoms with Crippen LogP contribution < -0.4 is 0 Å². The van der Waals surface area contributed by atoms with E-state index in [0.29, 0.717) is 23.0 Å². The van der Waals surface area contributed by atoms with Crippen LogP contribution in [-0.2, 0) is 23.7 Å². The molecule has 404 valence electrons. The van der Waals surface area contributed by atoms with Crippen molar-refractivity contribution in [3.63, 3.8) is 0 Å². The van der Waals surface area contributed by atoms with Crippen molar-refractivity contribution in [2.24, 2.45) is 0 Å². The number of aromatic nitrogens is 3. The molecule has 0 saturated heterocycles. The van der Waals surface area contributed by atoms with Crippen molar-refractivity contribution >= 4 is 21.9 Å². The molecular weight excluding hydrogens is 1010 g/mol. The predicted octanol–water partition coefficient (Wildman–Crippen LogP) is 19.4. The Balaban J connectivity index is 0.847. The molecule has 83 heavy (non-hydrogen) atoms. The summed E-state index contributed by atoms with van der Waals surface area (Å²) in [6.45, 7) is 0. The lowest BCUT2D eigenvalue weighted by Crippen LogP contribution is -2.27. The number of pyridine rings is 3. The highest BCUT2D eigenvalue weighted by Crippen LogP contribution is 2.50. The fourth-order valence-corrected chi connectivity index (χ4v) is 14.9. The van der Waals surface area contributed by atoms with Crippen molar-refractivity contribution in [2.75, 3.05) is 0 Å². The quantitative estimate of drug-likeness (QED) is 0.114. The monoisotopic (exact) mass is 1080 g/mol. The minimum atomic E-state index is -0.0654. The Hall–Kier alpha value is -9.23. The first-order valence-electron chi connectivity index (χ1n) is 30.0. The number of fused-ring (bicyclic) bond motifs is 3. The van der Waals surface area contributed by atoms with Crippen LogP contribution in [0, 0.1) is 22.7 Å². The van der Waals surface area contributed by atoms with Crippen LogP contribution in [0.5, 0.6) is 0 Å². The van der Waals surface area contributed by atoms with E-state index in [9.17, 15) is 10.5 Å². The van der Waals surface area contributed by atoms with Crippen LogP contribution in [0.1, 0.15) is 133 Å². The summed E-state index contributed by atoms with van der Waals surface area (Å²) in [6.07, 6.45) is 21.8. The molecule has 0 aliphatic heterocycles. The molecular formula is C77H65N5O. The highest BCUT2D eigenvalue weighted by atomic mass is 16.3. The lowest BCUT2D eigenvalue weighted by molar-refractivity contribution is 0.397. The van der Waals surface area contributed by atoms with Crippen LogP contribution in [0.2, 0.25) is 0 Å². The molecule has 0 atom stereocenters. The summed E-state index contributed by atoms with van der Waals surface area (Å²) in [4.78, 5) is 15.5. The minimum absolute atomic E-state index is 0.0654. The van der Waals surface area contributed by atoms with E-state index < -0.39 is 0 Å². The Morgan fingerprint density at radius 1 is 0.410 bits per heavy atom. The normalized spacial score (nSPS) is 17.3. The number of furan rings is 1. The van der Waals surface area contributed by atoms with Gasteiger partial charge in [-0.15, -0.1) is 0 Å². The first kappa shape index (κ1) is 51.9. The Morgan fingerprint density at radius 2 is 0.952 bits per heavy atom. The molecule has 0 N–H and O–H groups in total. The van der Waals surface area contributed by atoms with E-state index in [2.05, 4.69) is 176 Å². The summed E-state index contributed by atoms with van der Waals surface area (Å²) < 4.78 is 6.39. The third-order valence-corrected chi connectivity index (χ3v) is 19.2. The van der Waals surface area contributed by atoms with Gasteiger partial charge in [0.25, 0.3) is 0 Å². The number of nitrogens with zero attached hydrogens (tertiary/aromatic N) is 5. The summed E-state index contributed by atoms with van der Waals surface area (Å²) in [6, 6.07) is 74.2. The van der Waals surface area contributed by atoms with Crippen molar-refractivity contribution in [2.45, 2.75) is 113 Å². The third-order valence-electron chi connectivity index (χ3n) is 19.2. The fraction of sp³-hybridized carbons (Fsp3) is 0.234. The van der Waals surface area contributed by atoms with E-state index >= 15 is 0 Å². The lowest BCUT2D eigenvalue weighted by Gasteiger charge is -2.32. The molecule has 3 fully saturated rings. The molecule has 0 unspecified atom stereocenters. The van der Waals surface area contributed by atoms with Gasteiger partial charge in [0.05, 0.1) is 40.3 Å². The lowest BCUT2D eigenvalue weighted by atomic mass is 9.72. The largest absolute Gasteiger partial charge is 0.456 e. The maximum atomic E-state index is 9.68. The molecule has 6 nitrogen and oxygen atoms in total. The van der Waals surface area contributed by atoms with Gasteiger partial charge in [-0.2, -0.15) is 10.5 Å². The topological polar surface area (TPSA) is 99.4 Å². The molecule has 0 bridgehead atoms. The zero-order valence-corrected chi connectivity index (χ0v) is 46.9. The summed E-state index contributed by atoms with van der Waals surface area (Å²) in [7, 11) is 0. The summed E-state index contributed by atoms with van der Waals surface area (Å²) in [5.41, 5.74) is 21.9. The second-order valence-corrected chi connectivity index (χ2v) is 24.1. The van der Waals surface area contributed by atoms with Gasteiger partial charge < -0.3 is 4.42 Å². The van der Waals surface area contributed by atoms with E-state index in [-0.39, 0.29) is 10.8 Å². The molecule has 6 heteroatoms. The number of hydrogen-bond donors (Lipinski definition) is 0. The van der Waals surface area contributed by atoms with Gasteiger partial charge in [0.1, 0.15) is 11.2 Å². The van der Waals surface area contributed by atoms with Crippen LogP contribution in [0.25, 0.3) is 78.0 Å². The van der Waals surface area contributed by atoms with Crippen molar-refractivity contribution in [3.05, 3.63) is 257 Å². The molecule has 3 saturated carbocycles. The molecule has 0 amide bonds. The Kier molecular flexibility index (Phi) is 13.9. The van der Waals surface area contributed by atoms with E-state index in [1.165, 1.54) is 92.1 Å². The molecule has 0 spiro atoms. The van der Waals surface area contributed by atoms with Crippen molar-refractivity contribution < 1.29 is 4.42 Å². The standard InChI is InChI=1S/C77H65N5O/c78-47-52-14-12-18-60(39-52)71-32-29-63(49-80-71)76(34-8-9-35-76)45-54-38-55(46-77(36-10-11-37-77)64-30-33-72(81-50-64)61-19-13-15-53(40-61)48-79)42-62(41-54)65-20-4-5-21-66(65)70-51-82-73(58-16-2-1-3-17-58)44-69(70)57-26-24-56(25-27-57)59-28-31-68-67-22-6-7-23-74(67)83-75(68)43-59/h1-7,12-23,28-33,38-44,49-51,56-57H,8-11,24-27,34-37,45-46H2. The van der Waals surface area contributed by atoms with Gasteiger partial charge in [-0.3, -0.25) is 15.0 Å². The summed E-state index contributed by atoms with van der Waals surface area (Å²) in [5.74, 6) is 0.833. The van der Waals surface area contributed by atoms with Crippen molar-refractivity contribution in [3.8, 4) is 68.2 Å². The fourth-order valence-electron chi connectivity index (χ4n) is 14.9. The van der Waals surface area contributed by atoms with Crippen LogP contribution in [0.4, 0.5) is 0 Å². The highest BCUT2D eigenvalue weighted by Gasteiger charge is 2.39. The number of para-hydroxylation sites is 1. The number of hydrogen-bond acceptors (Lipinski definition) is 6. The van der Waals surface area contributed by atoms with Gasteiger partial charge in [-0.25, -0.2) is 0 Å². The highest BCUT2D eigenvalue weighted by molar-refractivity contribution is 6.05. The molecule has 14 rings (SSSR count). The van der Waals surface area contributed by atoms with Crippen LogP contribution in [0.3, 0.4) is 0 Å². The molecule has 3 aliphatic rings. The number of nitriles is 2. The molecule has 3 aliphatic carbocycles. The average molecular weight is 1080 g/mol. The SMILES string of the molecule is N#Cc1cccc(-c2ccc(C3(Cc4cc(CC5(c6ccc(-c7cccc(C#N)c7)nc6)CCCC5)cc(-c5ccccc5-c5cnc(-c6ccccc6)cc5C5CCC(c6ccc7c(c6)oc6ccccc67)CC5)c4)CCCC3)cn2)c1. The Bertz CT molecular complexity index is 4110. The van der Waals surface area contributed by atoms with Gasteiger partial charge in [-0.05, 0) is 181 Å².